The standard InChI is InChI=1S/C28H31NO4/c1-2-3-17-33-22(30)15-5-4-10-16-29-27(31)25-23-18-11-6-7-12-19(18)24(26(25)28(29)32)21-14-9-8-13-20(21)23/h6-9,11-14,23-26H,2-5,10,15-17H2,1H3/t23?,24?,25-,26+. The predicted octanol–water partition coefficient (Wildman–Crippen LogP) is 4.78. The van der Waals surface area contributed by atoms with Crippen molar-refractivity contribution in [2.75, 3.05) is 13.2 Å². The van der Waals surface area contributed by atoms with Gasteiger partial charge in [0.1, 0.15) is 0 Å². The first kappa shape index (κ1) is 21.9. The lowest BCUT2D eigenvalue weighted by atomic mass is 9.55. The number of benzene rings is 2. The van der Waals surface area contributed by atoms with Crippen LogP contribution < -0.4 is 0 Å². The molecule has 5 heteroatoms. The average Bonchev–Trinajstić information content (AvgIpc) is 3.09. The van der Waals surface area contributed by atoms with E-state index in [1.807, 2.05) is 24.3 Å². The zero-order chi connectivity index (χ0) is 22.9. The molecule has 4 aliphatic rings. The Hall–Kier alpha value is -2.95. The van der Waals surface area contributed by atoms with E-state index in [4.69, 9.17) is 4.74 Å². The van der Waals surface area contributed by atoms with Gasteiger partial charge in [-0.25, -0.2) is 0 Å². The summed E-state index contributed by atoms with van der Waals surface area (Å²) in [5.74, 6) is -0.916. The summed E-state index contributed by atoms with van der Waals surface area (Å²) in [5.41, 5.74) is 4.80. The topological polar surface area (TPSA) is 63.7 Å². The van der Waals surface area contributed by atoms with Crippen LogP contribution in [0.2, 0.25) is 0 Å². The van der Waals surface area contributed by atoms with Crippen LogP contribution in [0.15, 0.2) is 48.5 Å². The maximum Gasteiger partial charge on any atom is 0.305 e. The second-order valence-electron chi connectivity index (χ2n) is 9.48. The number of unbranched alkanes of at least 4 members (excludes halogenated alkanes) is 3. The molecule has 0 aromatic heterocycles. The van der Waals surface area contributed by atoms with Crippen LogP contribution in [0.4, 0.5) is 0 Å². The Morgan fingerprint density at radius 3 is 1.79 bits per heavy atom. The van der Waals surface area contributed by atoms with Crippen molar-refractivity contribution < 1.29 is 19.1 Å². The first-order chi connectivity index (χ1) is 16.1. The van der Waals surface area contributed by atoms with Crippen molar-refractivity contribution in [1.82, 2.24) is 4.90 Å². The number of amides is 2. The van der Waals surface area contributed by atoms with Crippen molar-refractivity contribution in [3.63, 3.8) is 0 Å². The van der Waals surface area contributed by atoms with Crippen LogP contribution in [0.5, 0.6) is 0 Å². The van der Waals surface area contributed by atoms with Gasteiger partial charge in [0, 0.05) is 24.8 Å². The predicted molar refractivity (Wildman–Crippen MR) is 125 cm³/mol. The second kappa shape index (κ2) is 9.12. The largest absolute Gasteiger partial charge is 0.466 e. The molecule has 0 saturated carbocycles. The van der Waals surface area contributed by atoms with Crippen LogP contribution in [0.3, 0.4) is 0 Å². The van der Waals surface area contributed by atoms with E-state index in [2.05, 4.69) is 31.2 Å². The summed E-state index contributed by atoms with van der Waals surface area (Å²) in [5, 5.41) is 0. The van der Waals surface area contributed by atoms with Crippen LogP contribution in [0, 0.1) is 11.8 Å². The molecule has 1 heterocycles. The summed E-state index contributed by atoms with van der Waals surface area (Å²) in [6.45, 7) is 2.98. The number of likely N-dealkylation sites (tertiary alicyclic amines) is 1. The van der Waals surface area contributed by atoms with Gasteiger partial charge in [-0.15, -0.1) is 0 Å². The molecule has 2 atom stereocenters. The molecule has 5 nitrogen and oxygen atoms in total. The summed E-state index contributed by atoms with van der Waals surface area (Å²) < 4.78 is 5.20. The summed E-state index contributed by atoms with van der Waals surface area (Å²) in [7, 11) is 0. The van der Waals surface area contributed by atoms with Gasteiger partial charge in [0.05, 0.1) is 18.4 Å². The van der Waals surface area contributed by atoms with Gasteiger partial charge in [-0.05, 0) is 41.5 Å². The lowest BCUT2D eigenvalue weighted by molar-refractivity contribution is -0.144. The SMILES string of the molecule is CCCCOC(=O)CCCCCN1C(=O)[C@@H]2C3c4ccccc4C(c4ccccc43)[C@@H]2C1=O. The van der Waals surface area contributed by atoms with Gasteiger partial charge in [0.2, 0.25) is 11.8 Å². The smallest absolute Gasteiger partial charge is 0.305 e. The molecule has 2 bridgehead atoms. The van der Waals surface area contributed by atoms with Crippen molar-refractivity contribution in [1.29, 1.82) is 0 Å². The Kier molecular flexibility index (Phi) is 6.05. The molecule has 1 aliphatic heterocycles. The van der Waals surface area contributed by atoms with E-state index >= 15 is 0 Å². The van der Waals surface area contributed by atoms with Crippen molar-refractivity contribution >= 4 is 17.8 Å². The van der Waals surface area contributed by atoms with E-state index in [1.54, 1.807) is 0 Å². The minimum absolute atomic E-state index is 0.0250. The number of ether oxygens (including phenoxy) is 1. The van der Waals surface area contributed by atoms with Gasteiger partial charge < -0.3 is 4.74 Å². The molecule has 1 fully saturated rings. The zero-order valence-corrected chi connectivity index (χ0v) is 19.2. The van der Waals surface area contributed by atoms with Crippen LogP contribution in [0.25, 0.3) is 0 Å². The molecule has 0 unspecified atom stereocenters. The summed E-state index contributed by atoms with van der Waals surface area (Å²) in [6.07, 6.45) is 4.52. The number of rotatable bonds is 9. The van der Waals surface area contributed by atoms with E-state index in [0.717, 1.165) is 25.7 Å². The highest BCUT2D eigenvalue weighted by molar-refractivity contribution is 6.07. The number of carbonyl (C=O) groups is 3. The van der Waals surface area contributed by atoms with Crippen LogP contribution >= 0.6 is 0 Å². The first-order valence-corrected chi connectivity index (χ1v) is 12.3. The Morgan fingerprint density at radius 1 is 0.788 bits per heavy atom. The number of carbonyl (C=O) groups excluding carboxylic acids is 3. The molecule has 0 N–H and O–H groups in total. The molecule has 6 rings (SSSR count). The van der Waals surface area contributed by atoms with Crippen LogP contribution in [-0.4, -0.2) is 35.8 Å². The molecule has 2 amide bonds. The molecule has 3 aliphatic carbocycles. The minimum Gasteiger partial charge on any atom is -0.466 e. The van der Waals surface area contributed by atoms with Gasteiger partial charge in [0.25, 0.3) is 0 Å². The highest BCUT2D eigenvalue weighted by atomic mass is 16.5. The molecule has 33 heavy (non-hydrogen) atoms. The van der Waals surface area contributed by atoms with Gasteiger partial charge in [-0.3, -0.25) is 19.3 Å². The van der Waals surface area contributed by atoms with Gasteiger partial charge in [-0.2, -0.15) is 0 Å². The Bertz CT molecular complexity index is 962. The van der Waals surface area contributed by atoms with E-state index in [1.165, 1.54) is 27.2 Å². The fourth-order valence-corrected chi connectivity index (χ4v) is 6.08. The van der Waals surface area contributed by atoms with E-state index in [-0.39, 0.29) is 41.5 Å². The summed E-state index contributed by atoms with van der Waals surface area (Å²) in [4.78, 5) is 40.3. The fraction of sp³-hybridized carbons (Fsp3) is 0.464. The molecule has 2 aromatic carbocycles. The molecule has 0 spiro atoms. The molecular weight excluding hydrogens is 414 g/mol. The number of nitrogens with zero attached hydrogens (tertiary/aromatic N) is 1. The lowest BCUT2D eigenvalue weighted by Gasteiger charge is -2.45. The van der Waals surface area contributed by atoms with Crippen molar-refractivity contribution in [3.8, 4) is 0 Å². The highest BCUT2D eigenvalue weighted by Crippen LogP contribution is 2.60. The molecule has 2 aromatic rings. The lowest BCUT2D eigenvalue weighted by Crippen LogP contribution is -2.41. The van der Waals surface area contributed by atoms with Gasteiger partial charge in [-0.1, -0.05) is 68.3 Å². The maximum absolute atomic E-state index is 13.5. The average molecular weight is 446 g/mol. The Labute approximate surface area is 195 Å². The molecule has 1 saturated heterocycles. The third-order valence-electron chi connectivity index (χ3n) is 7.56. The number of esters is 1. The van der Waals surface area contributed by atoms with E-state index in [9.17, 15) is 14.4 Å². The van der Waals surface area contributed by atoms with Gasteiger partial charge in [0.15, 0.2) is 0 Å². The van der Waals surface area contributed by atoms with Crippen LogP contribution in [0.1, 0.15) is 79.5 Å². The third-order valence-corrected chi connectivity index (χ3v) is 7.56. The third kappa shape index (κ3) is 3.68. The zero-order valence-electron chi connectivity index (χ0n) is 19.2. The summed E-state index contributed by atoms with van der Waals surface area (Å²) in [6, 6.07) is 16.6. The number of imide groups is 1. The number of hydrogen-bond acceptors (Lipinski definition) is 4. The first-order valence-electron chi connectivity index (χ1n) is 12.3. The number of hydrogen-bond donors (Lipinski definition) is 0. The normalized spacial score (nSPS) is 24.5. The highest BCUT2D eigenvalue weighted by Gasteiger charge is 2.61. The fourth-order valence-electron chi connectivity index (χ4n) is 6.08. The molecule has 172 valence electrons. The van der Waals surface area contributed by atoms with Gasteiger partial charge >= 0.3 is 5.97 Å². The van der Waals surface area contributed by atoms with Crippen LogP contribution in [-0.2, 0) is 19.1 Å². The van der Waals surface area contributed by atoms with Crippen molar-refractivity contribution in [2.24, 2.45) is 11.8 Å². The van der Waals surface area contributed by atoms with E-state index < -0.39 is 0 Å². The molecular formula is C28H31NO4. The maximum atomic E-state index is 13.5. The molecule has 0 radical (unpaired) electrons. The Morgan fingerprint density at radius 2 is 1.30 bits per heavy atom. The van der Waals surface area contributed by atoms with E-state index in [0.29, 0.717) is 26.0 Å². The van der Waals surface area contributed by atoms with Crippen molar-refractivity contribution in [2.45, 2.75) is 57.3 Å². The quantitative estimate of drug-likeness (QED) is 0.317. The monoisotopic (exact) mass is 445 g/mol. The Balaban J connectivity index is 1.27. The summed E-state index contributed by atoms with van der Waals surface area (Å²) >= 11 is 0. The second-order valence-corrected chi connectivity index (χ2v) is 9.48. The van der Waals surface area contributed by atoms with Crippen molar-refractivity contribution in [3.05, 3.63) is 70.8 Å². The minimum atomic E-state index is -0.305.